The molecule has 0 aromatic carbocycles. The van der Waals surface area contributed by atoms with Gasteiger partial charge in [0.2, 0.25) is 0 Å². The Balaban J connectivity index is 2.25. The van der Waals surface area contributed by atoms with Crippen LogP contribution < -0.4 is 16.8 Å². The van der Waals surface area contributed by atoms with Crippen LogP contribution in [0.3, 0.4) is 0 Å². The van der Waals surface area contributed by atoms with Crippen LogP contribution in [0.4, 0.5) is 4.79 Å². The second-order valence-corrected chi connectivity index (χ2v) is 3.34. The van der Waals surface area contributed by atoms with Crippen LogP contribution in [-0.2, 0) is 9.53 Å². The average Bonchev–Trinajstić information content (AvgIpc) is 2.93. The number of amides is 2. The summed E-state index contributed by atoms with van der Waals surface area (Å²) in [5.74, 6) is -0.588. The monoisotopic (exact) mass is 213 g/mol. The summed E-state index contributed by atoms with van der Waals surface area (Å²) in [6.45, 7) is 0.743. The van der Waals surface area contributed by atoms with Crippen LogP contribution in [0, 0.1) is 0 Å². The van der Waals surface area contributed by atoms with Gasteiger partial charge in [0, 0.05) is 25.9 Å². The van der Waals surface area contributed by atoms with Gasteiger partial charge in [-0.3, -0.25) is 4.79 Å². The van der Waals surface area contributed by atoms with Gasteiger partial charge < -0.3 is 21.5 Å². The summed E-state index contributed by atoms with van der Waals surface area (Å²) >= 11 is 0. The molecule has 0 aromatic heterocycles. The number of ether oxygens (including phenoxy) is 1. The van der Waals surface area contributed by atoms with E-state index in [1.54, 1.807) is 12.2 Å². The topological polar surface area (TPSA) is 107 Å². The molecule has 0 aromatic rings. The first-order valence-electron chi connectivity index (χ1n) is 4.72. The Labute approximate surface area is 87.6 Å². The molecule has 84 valence electrons. The van der Waals surface area contributed by atoms with Crippen LogP contribution in [0.1, 0.15) is 12.8 Å². The third-order valence-corrected chi connectivity index (χ3v) is 2.11. The van der Waals surface area contributed by atoms with E-state index in [-0.39, 0.29) is 0 Å². The number of nitrogens with two attached hydrogens (primary N) is 2. The molecule has 1 rings (SSSR count). The molecular formula is C9H15N3O3. The summed E-state index contributed by atoms with van der Waals surface area (Å²) in [6.07, 6.45) is 3.79. The zero-order valence-electron chi connectivity index (χ0n) is 8.36. The van der Waals surface area contributed by atoms with Crippen molar-refractivity contribution in [3.8, 4) is 0 Å². The van der Waals surface area contributed by atoms with Gasteiger partial charge in [0.25, 0.3) is 5.91 Å². The highest BCUT2D eigenvalue weighted by Gasteiger charge is 2.52. The fourth-order valence-electron chi connectivity index (χ4n) is 1.05. The predicted molar refractivity (Wildman–Crippen MR) is 53.8 cm³/mol. The van der Waals surface area contributed by atoms with Gasteiger partial charge in [-0.05, 0) is 0 Å². The van der Waals surface area contributed by atoms with E-state index < -0.39 is 17.6 Å². The zero-order chi connectivity index (χ0) is 11.3. The fourth-order valence-corrected chi connectivity index (χ4v) is 1.05. The van der Waals surface area contributed by atoms with E-state index in [1.807, 2.05) is 0 Å². The minimum atomic E-state index is -1.05. The SMILES string of the molecule is NC/C=C/CNC(=O)OC1(C(N)=O)CC1. The van der Waals surface area contributed by atoms with Crippen molar-refractivity contribution in [2.45, 2.75) is 18.4 Å². The lowest BCUT2D eigenvalue weighted by Gasteiger charge is -2.12. The smallest absolute Gasteiger partial charge is 0.408 e. The zero-order valence-corrected chi connectivity index (χ0v) is 8.36. The van der Waals surface area contributed by atoms with E-state index in [1.165, 1.54) is 0 Å². The average molecular weight is 213 g/mol. The van der Waals surface area contributed by atoms with E-state index in [9.17, 15) is 9.59 Å². The van der Waals surface area contributed by atoms with Gasteiger partial charge in [0.1, 0.15) is 0 Å². The number of nitrogens with one attached hydrogen (secondary N) is 1. The number of rotatable bonds is 5. The number of carbonyl (C=O) groups excluding carboxylic acids is 2. The first-order chi connectivity index (χ1) is 7.10. The molecule has 0 bridgehead atoms. The molecule has 1 fully saturated rings. The van der Waals surface area contributed by atoms with E-state index in [2.05, 4.69) is 5.32 Å². The predicted octanol–water partition coefficient (Wildman–Crippen LogP) is -0.755. The molecule has 0 unspecified atom stereocenters. The Kier molecular flexibility index (Phi) is 3.68. The normalized spacial score (nSPS) is 17.4. The summed E-state index contributed by atoms with van der Waals surface area (Å²) < 4.78 is 4.90. The van der Waals surface area contributed by atoms with Gasteiger partial charge >= 0.3 is 6.09 Å². The fraction of sp³-hybridized carbons (Fsp3) is 0.556. The molecule has 1 aliphatic rings. The molecule has 6 nitrogen and oxygen atoms in total. The molecule has 15 heavy (non-hydrogen) atoms. The van der Waals surface area contributed by atoms with Crippen LogP contribution in [0.5, 0.6) is 0 Å². The van der Waals surface area contributed by atoms with Crippen LogP contribution >= 0.6 is 0 Å². The Morgan fingerprint density at radius 1 is 1.40 bits per heavy atom. The molecule has 0 saturated heterocycles. The Bertz CT molecular complexity index is 284. The van der Waals surface area contributed by atoms with Crippen LogP contribution in [0.2, 0.25) is 0 Å². The second kappa shape index (κ2) is 4.79. The molecule has 0 heterocycles. The lowest BCUT2D eigenvalue weighted by molar-refractivity contribution is -0.128. The number of hydrogen-bond donors (Lipinski definition) is 3. The van der Waals surface area contributed by atoms with Crippen LogP contribution in [-0.4, -0.2) is 30.7 Å². The third kappa shape index (κ3) is 3.25. The van der Waals surface area contributed by atoms with Gasteiger partial charge in [0.05, 0.1) is 0 Å². The summed E-state index contributed by atoms with van der Waals surface area (Å²) in [6, 6.07) is 0. The van der Waals surface area contributed by atoms with Crippen molar-refractivity contribution in [1.29, 1.82) is 0 Å². The first kappa shape index (κ1) is 11.5. The van der Waals surface area contributed by atoms with E-state index in [0.717, 1.165) is 0 Å². The maximum atomic E-state index is 11.2. The molecule has 1 saturated carbocycles. The molecule has 0 atom stereocenters. The summed E-state index contributed by atoms with van der Waals surface area (Å²) in [5, 5.41) is 2.46. The van der Waals surface area contributed by atoms with Gasteiger partial charge in [-0.2, -0.15) is 0 Å². The molecule has 2 amide bonds. The summed E-state index contributed by atoms with van der Waals surface area (Å²) in [7, 11) is 0. The molecule has 0 radical (unpaired) electrons. The second-order valence-electron chi connectivity index (χ2n) is 3.34. The molecule has 1 aliphatic carbocycles. The van der Waals surface area contributed by atoms with Crippen molar-refractivity contribution in [2.75, 3.05) is 13.1 Å². The standard InChI is InChI=1S/C9H15N3O3/c10-5-1-2-6-12-8(14)15-9(3-4-9)7(11)13/h1-2H,3-6,10H2,(H2,11,13)(H,12,14)/b2-1+. The maximum Gasteiger partial charge on any atom is 0.408 e. The number of alkyl carbamates (subject to hydrolysis) is 1. The highest BCUT2D eigenvalue weighted by Crippen LogP contribution is 2.39. The quantitative estimate of drug-likeness (QED) is 0.522. The molecule has 0 spiro atoms. The molecule has 0 aliphatic heterocycles. The van der Waals surface area contributed by atoms with Gasteiger partial charge in [-0.15, -0.1) is 0 Å². The summed E-state index contributed by atoms with van der Waals surface area (Å²) in [4.78, 5) is 22.0. The third-order valence-electron chi connectivity index (χ3n) is 2.11. The van der Waals surface area contributed by atoms with Gasteiger partial charge in [0.15, 0.2) is 5.60 Å². The molecule has 5 N–H and O–H groups in total. The van der Waals surface area contributed by atoms with E-state index in [4.69, 9.17) is 16.2 Å². The number of primary amides is 1. The van der Waals surface area contributed by atoms with Crippen molar-refractivity contribution in [3.05, 3.63) is 12.2 Å². The maximum absolute atomic E-state index is 11.2. The van der Waals surface area contributed by atoms with Gasteiger partial charge in [-0.25, -0.2) is 4.79 Å². The lowest BCUT2D eigenvalue weighted by atomic mass is 10.3. The van der Waals surface area contributed by atoms with Crippen molar-refractivity contribution >= 4 is 12.0 Å². The number of hydrogen-bond acceptors (Lipinski definition) is 4. The summed E-state index contributed by atoms with van der Waals surface area (Å²) in [5.41, 5.74) is 9.23. The van der Waals surface area contributed by atoms with Crippen molar-refractivity contribution in [1.82, 2.24) is 5.32 Å². The van der Waals surface area contributed by atoms with Crippen molar-refractivity contribution < 1.29 is 14.3 Å². The number of carbonyl (C=O) groups is 2. The van der Waals surface area contributed by atoms with Crippen LogP contribution in [0.15, 0.2) is 12.2 Å². The molecule has 6 heteroatoms. The van der Waals surface area contributed by atoms with Crippen LogP contribution in [0.25, 0.3) is 0 Å². The van der Waals surface area contributed by atoms with E-state index >= 15 is 0 Å². The Morgan fingerprint density at radius 2 is 2.07 bits per heavy atom. The first-order valence-corrected chi connectivity index (χ1v) is 4.72. The van der Waals surface area contributed by atoms with E-state index in [0.29, 0.717) is 25.9 Å². The minimum absolute atomic E-state index is 0.324. The van der Waals surface area contributed by atoms with Crippen molar-refractivity contribution in [3.63, 3.8) is 0 Å². The Morgan fingerprint density at radius 3 is 2.53 bits per heavy atom. The largest absolute Gasteiger partial charge is 0.433 e. The lowest BCUT2D eigenvalue weighted by Crippen LogP contribution is -2.38. The van der Waals surface area contributed by atoms with Gasteiger partial charge in [-0.1, -0.05) is 12.2 Å². The Hall–Kier alpha value is -1.56. The van der Waals surface area contributed by atoms with Crippen molar-refractivity contribution in [2.24, 2.45) is 11.5 Å². The molecular weight excluding hydrogens is 198 g/mol. The minimum Gasteiger partial charge on any atom is -0.433 e. The highest BCUT2D eigenvalue weighted by atomic mass is 16.6. The highest BCUT2D eigenvalue weighted by molar-refractivity contribution is 5.89.